The number of halogens is 3. The molecule has 0 saturated heterocycles. The number of anilines is 2. The molecule has 0 saturated carbocycles. The van der Waals surface area contributed by atoms with Crippen LogP contribution < -0.4 is 11.1 Å². The Kier molecular flexibility index (Phi) is 5.68. The van der Waals surface area contributed by atoms with Crippen molar-refractivity contribution >= 4 is 17.3 Å². The Labute approximate surface area is 104 Å². The molecule has 3 N–H and O–H groups in total. The Hall–Kier alpha value is -1.72. The summed E-state index contributed by atoms with van der Waals surface area (Å²) in [5, 5.41) is 1.73. The lowest BCUT2D eigenvalue weighted by molar-refractivity contribution is -0.167. The molecule has 0 spiro atoms. The first-order valence-electron chi connectivity index (χ1n) is 5.47. The van der Waals surface area contributed by atoms with Crippen LogP contribution in [0.4, 0.5) is 24.5 Å². The molecule has 0 fully saturated rings. The molecule has 6 heteroatoms. The third-order valence-electron chi connectivity index (χ3n) is 2.29. The second kappa shape index (κ2) is 6.28. The number of aryl methyl sites for hydroxylation is 1. The SMILES string of the molecule is CC.Cc1ccc(NC(=O)C(F)(F)F)c(N)c1C. The average molecular weight is 262 g/mol. The lowest BCUT2D eigenvalue weighted by Crippen LogP contribution is -2.30. The number of nitrogen functional groups attached to an aromatic ring is 1. The van der Waals surface area contributed by atoms with Gasteiger partial charge in [0.2, 0.25) is 0 Å². The Morgan fingerprint density at radius 3 is 2.17 bits per heavy atom. The van der Waals surface area contributed by atoms with Gasteiger partial charge >= 0.3 is 12.1 Å². The number of carbonyl (C=O) groups excluding carboxylic acids is 1. The van der Waals surface area contributed by atoms with E-state index in [2.05, 4.69) is 0 Å². The zero-order valence-electron chi connectivity index (χ0n) is 10.8. The fourth-order valence-electron chi connectivity index (χ4n) is 1.14. The molecular weight excluding hydrogens is 245 g/mol. The van der Waals surface area contributed by atoms with E-state index >= 15 is 0 Å². The highest BCUT2D eigenvalue weighted by Crippen LogP contribution is 2.27. The van der Waals surface area contributed by atoms with Crippen LogP contribution in [0.3, 0.4) is 0 Å². The summed E-state index contributed by atoms with van der Waals surface area (Å²) in [6.45, 7) is 7.45. The summed E-state index contributed by atoms with van der Waals surface area (Å²) in [5.41, 5.74) is 7.22. The molecule has 0 unspecified atom stereocenters. The monoisotopic (exact) mass is 262 g/mol. The topological polar surface area (TPSA) is 55.1 Å². The third-order valence-corrected chi connectivity index (χ3v) is 2.29. The maximum Gasteiger partial charge on any atom is 0.471 e. The molecule has 0 aliphatic carbocycles. The predicted molar refractivity (Wildman–Crippen MR) is 66.4 cm³/mol. The van der Waals surface area contributed by atoms with Gasteiger partial charge in [0.15, 0.2) is 0 Å². The van der Waals surface area contributed by atoms with Crippen molar-refractivity contribution in [1.29, 1.82) is 0 Å². The van der Waals surface area contributed by atoms with Crippen molar-refractivity contribution in [2.24, 2.45) is 0 Å². The van der Waals surface area contributed by atoms with Crippen LogP contribution in [0.1, 0.15) is 25.0 Å². The van der Waals surface area contributed by atoms with E-state index in [1.54, 1.807) is 25.2 Å². The van der Waals surface area contributed by atoms with Gasteiger partial charge in [-0.15, -0.1) is 0 Å². The summed E-state index contributed by atoms with van der Waals surface area (Å²) < 4.78 is 36.0. The molecule has 1 amide bonds. The van der Waals surface area contributed by atoms with Gasteiger partial charge in [0, 0.05) is 0 Å². The van der Waals surface area contributed by atoms with Gasteiger partial charge in [-0.25, -0.2) is 0 Å². The van der Waals surface area contributed by atoms with E-state index in [-0.39, 0.29) is 11.4 Å². The number of nitrogens with two attached hydrogens (primary N) is 1. The zero-order valence-corrected chi connectivity index (χ0v) is 10.8. The van der Waals surface area contributed by atoms with Crippen LogP contribution in [0.2, 0.25) is 0 Å². The number of alkyl halides is 3. The molecule has 1 aromatic carbocycles. The number of nitrogens with one attached hydrogen (secondary N) is 1. The molecular formula is C12H17F3N2O. The van der Waals surface area contributed by atoms with Gasteiger partial charge in [0.25, 0.3) is 0 Å². The minimum absolute atomic E-state index is 0.0228. The molecule has 1 rings (SSSR count). The average Bonchev–Trinajstić information content (AvgIpc) is 2.31. The minimum atomic E-state index is -4.91. The lowest BCUT2D eigenvalue weighted by Gasteiger charge is -2.13. The molecule has 0 aromatic heterocycles. The Balaban J connectivity index is 0.00000137. The molecule has 1 aromatic rings. The number of rotatable bonds is 1. The molecule has 18 heavy (non-hydrogen) atoms. The third kappa shape index (κ3) is 3.94. The smallest absolute Gasteiger partial charge is 0.397 e. The van der Waals surface area contributed by atoms with E-state index in [0.29, 0.717) is 5.56 Å². The first-order chi connectivity index (χ1) is 8.23. The summed E-state index contributed by atoms with van der Waals surface area (Å²) in [6, 6.07) is 2.94. The van der Waals surface area contributed by atoms with E-state index in [4.69, 9.17) is 5.73 Å². The van der Waals surface area contributed by atoms with Crippen LogP contribution >= 0.6 is 0 Å². The number of carbonyl (C=O) groups is 1. The van der Waals surface area contributed by atoms with Crippen molar-refractivity contribution in [2.45, 2.75) is 33.9 Å². The van der Waals surface area contributed by atoms with E-state index in [9.17, 15) is 18.0 Å². The van der Waals surface area contributed by atoms with Crippen LogP contribution in [-0.2, 0) is 4.79 Å². The summed E-state index contributed by atoms with van der Waals surface area (Å²) >= 11 is 0. The minimum Gasteiger partial charge on any atom is -0.397 e. The van der Waals surface area contributed by atoms with Gasteiger partial charge in [-0.2, -0.15) is 13.2 Å². The van der Waals surface area contributed by atoms with Crippen molar-refractivity contribution in [2.75, 3.05) is 11.1 Å². The maximum absolute atomic E-state index is 12.0. The molecule has 0 heterocycles. The quantitative estimate of drug-likeness (QED) is 0.762. The highest BCUT2D eigenvalue weighted by molar-refractivity contribution is 5.97. The van der Waals surface area contributed by atoms with E-state index in [1.807, 2.05) is 13.8 Å². The van der Waals surface area contributed by atoms with Crippen molar-refractivity contribution < 1.29 is 18.0 Å². The standard InChI is InChI=1S/C10H11F3N2O.C2H6/c1-5-3-4-7(8(14)6(5)2)15-9(16)10(11,12)13;1-2/h3-4H,14H2,1-2H3,(H,15,16);1-2H3. The molecule has 0 aliphatic heterocycles. The molecule has 0 aliphatic rings. The van der Waals surface area contributed by atoms with Crippen LogP contribution in [0, 0.1) is 13.8 Å². The van der Waals surface area contributed by atoms with Crippen molar-refractivity contribution in [3.63, 3.8) is 0 Å². The first-order valence-corrected chi connectivity index (χ1v) is 5.47. The van der Waals surface area contributed by atoms with Gasteiger partial charge in [0.05, 0.1) is 11.4 Å². The Morgan fingerprint density at radius 1 is 1.22 bits per heavy atom. The van der Waals surface area contributed by atoms with Crippen LogP contribution in [-0.4, -0.2) is 12.1 Å². The fourth-order valence-corrected chi connectivity index (χ4v) is 1.14. The van der Waals surface area contributed by atoms with E-state index < -0.39 is 12.1 Å². The highest BCUT2D eigenvalue weighted by atomic mass is 19.4. The van der Waals surface area contributed by atoms with Crippen molar-refractivity contribution in [3.8, 4) is 0 Å². The second-order valence-corrected chi connectivity index (χ2v) is 3.42. The van der Waals surface area contributed by atoms with Crippen LogP contribution in [0.25, 0.3) is 0 Å². The van der Waals surface area contributed by atoms with Gasteiger partial charge in [-0.05, 0) is 31.0 Å². The van der Waals surface area contributed by atoms with Gasteiger partial charge in [0.1, 0.15) is 0 Å². The van der Waals surface area contributed by atoms with E-state index in [1.165, 1.54) is 6.07 Å². The summed E-state index contributed by atoms with van der Waals surface area (Å²) in [7, 11) is 0. The van der Waals surface area contributed by atoms with Crippen molar-refractivity contribution in [3.05, 3.63) is 23.3 Å². The number of benzene rings is 1. The predicted octanol–water partition coefficient (Wildman–Crippen LogP) is 3.41. The molecule has 0 bridgehead atoms. The Morgan fingerprint density at radius 2 is 1.72 bits per heavy atom. The zero-order chi connectivity index (χ0) is 14.5. The van der Waals surface area contributed by atoms with Crippen LogP contribution in [0.5, 0.6) is 0 Å². The first kappa shape index (κ1) is 16.3. The molecule has 0 radical (unpaired) electrons. The molecule has 0 atom stereocenters. The van der Waals surface area contributed by atoms with Gasteiger partial charge < -0.3 is 11.1 Å². The number of hydrogen-bond acceptors (Lipinski definition) is 2. The Bertz CT molecular complexity index is 428. The van der Waals surface area contributed by atoms with Crippen LogP contribution in [0.15, 0.2) is 12.1 Å². The number of hydrogen-bond donors (Lipinski definition) is 2. The number of amides is 1. The summed E-state index contributed by atoms with van der Waals surface area (Å²) in [5.74, 6) is -2.03. The lowest BCUT2D eigenvalue weighted by atomic mass is 10.1. The maximum atomic E-state index is 12.0. The van der Waals surface area contributed by atoms with E-state index in [0.717, 1.165) is 5.56 Å². The molecule has 3 nitrogen and oxygen atoms in total. The van der Waals surface area contributed by atoms with Gasteiger partial charge in [-0.3, -0.25) is 4.79 Å². The normalized spacial score (nSPS) is 10.4. The molecule has 102 valence electrons. The van der Waals surface area contributed by atoms with Gasteiger partial charge in [-0.1, -0.05) is 19.9 Å². The summed E-state index contributed by atoms with van der Waals surface area (Å²) in [4.78, 5) is 10.7. The largest absolute Gasteiger partial charge is 0.471 e. The van der Waals surface area contributed by atoms with Crippen molar-refractivity contribution in [1.82, 2.24) is 0 Å². The highest BCUT2D eigenvalue weighted by Gasteiger charge is 2.38. The summed E-state index contributed by atoms with van der Waals surface area (Å²) in [6.07, 6.45) is -4.91. The second-order valence-electron chi connectivity index (χ2n) is 3.42. The fraction of sp³-hybridized carbons (Fsp3) is 0.417.